The molecule has 1 heterocycles. The molecule has 1 aliphatic rings. The predicted molar refractivity (Wildman–Crippen MR) is 104 cm³/mol. The highest BCUT2D eigenvalue weighted by Crippen LogP contribution is 2.33. The molecule has 0 unspecified atom stereocenters. The number of halogens is 2. The van der Waals surface area contributed by atoms with E-state index < -0.39 is 33.5 Å². The van der Waals surface area contributed by atoms with Gasteiger partial charge in [-0.2, -0.15) is 0 Å². The zero-order valence-corrected chi connectivity index (χ0v) is 17.3. The van der Waals surface area contributed by atoms with Crippen LogP contribution in [0.15, 0.2) is 50.2 Å². The quantitative estimate of drug-likeness (QED) is 0.322. The summed E-state index contributed by atoms with van der Waals surface area (Å²) in [4.78, 5) is 36.5. The summed E-state index contributed by atoms with van der Waals surface area (Å²) in [6, 6.07) is 8.75. The molecule has 0 saturated heterocycles. The molecule has 0 aliphatic carbocycles. The van der Waals surface area contributed by atoms with Gasteiger partial charge in [0.2, 0.25) is 11.7 Å². The fourth-order valence-electron chi connectivity index (χ4n) is 2.55. The van der Waals surface area contributed by atoms with Crippen LogP contribution in [0.1, 0.15) is 11.5 Å². The minimum absolute atomic E-state index is 0.274. The van der Waals surface area contributed by atoms with Crippen LogP contribution in [0.25, 0.3) is 0 Å². The van der Waals surface area contributed by atoms with Crippen molar-refractivity contribution in [3.05, 3.63) is 50.9 Å². The highest BCUT2D eigenvalue weighted by atomic mass is 79.9. The van der Waals surface area contributed by atoms with E-state index in [0.29, 0.717) is 20.2 Å². The molecule has 1 aliphatic heterocycles. The van der Waals surface area contributed by atoms with E-state index >= 15 is 0 Å². The summed E-state index contributed by atoms with van der Waals surface area (Å²) in [6.45, 7) is 0. The Bertz CT molecular complexity index is 1080. The lowest BCUT2D eigenvalue weighted by atomic mass is 9.96. The van der Waals surface area contributed by atoms with Gasteiger partial charge in [-0.1, -0.05) is 18.2 Å². The van der Waals surface area contributed by atoms with Crippen molar-refractivity contribution in [3.63, 3.8) is 0 Å². The maximum absolute atomic E-state index is 12.4. The summed E-state index contributed by atoms with van der Waals surface area (Å²) in [7, 11) is -4.36. The van der Waals surface area contributed by atoms with Crippen LogP contribution in [-0.2, 0) is 24.4 Å². The molecule has 0 aromatic heterocycles. The van der Waals surface area contributed by atoms with Crippen molar-refractivity contribution in [2.75, 3.05) is 11.1 Å². The van der Waals surface area contributed by atoms with Crippen LogP contribution < -0.4 is 15.8 Å². The van der Waals surface area contributed by atoms with Gasteiger partial charge in [0.25, 0.3) is 10.0 Å². The number of amides is 2. The van der Waals surface area contributed by atoms with Crippen LogP contribution in [0.3, 0.4) is 0 Å². The molecule has 2 aromatic carbocycles. The van der Waals surface area contributed by atoms with Crippen LogP contribution in [0.5, 0.6) is 0 Å². The molecule has 2 aromatic rings. The number of carbonyl (C=O) groups excluding carboxylic acids is 3. The zero-order valence-electron chi connectivity index (χ0n) is 13.3. The first kappa shape index (κ1) is 19.5. The van der Waals surface area contributed by atoms with Gasteiger partial charge in [-0.05, 0) is 55.6 Å². The van der Waals surface area contributed by atoms with Crippen LogP contribution >= 0.6 is 31.9 Å². The molecule has 0 spiro atoms. The van der Waals surface area contributed by atoms with Crippen molar-refractivity contribution in [2.24, 2.45) is 0 Å². The number of nitrogen functional groups attached to an aromatic ring is 1. The second-order valence-corrected chi connectivity index (χ2v) is 9.00. The molecule has 0 fully saturated rings. The Hall–Kier alpha value is -2.24. The summed E-state index contributed by atoms with van der Waals surface area (Å²) >= 11 is 6.22. The molecule has 27 heavy (non-hydrogen) atoms. The monoisotopic (exact) mass is 515 g/mol. The number of sulfonamides is 1. The topological polar surface area (TPSA) is 135 Å². The Kier molecular flexibility index (Phi) is 5.10. The maximum atomic E-state index is 12.4. The maximum Gasteiger partial charge on any atom is 0.302 e. The van der Waals surface area contributed by atoms with Gasteiger partial charge in [-0.3, -0.25) is 14.4 Å². The van der Waals surface area contributed by atoms with E-state index in [0.717, 1.165) is 0 Å². The molecule has 140 valence electrons. The van der Waals surface area contributed by atoms with E-state index in [1.165, 1.54) is 18.2 Å². The van der Waals surface area contributed by atoms with E-state index in [2.05, 4.69) is 37.2 Å². The number of ketones is 1. The molecule has 2 amide bonds. The number of hydrogen-bond donors (Lipinski definition) is 3. The third-order valence-electron chi connectivity index (χ3n) is 3.87. The predicted octanol–water partition coefficient (Wildman–Crippen LogP) is 1.90. The molecule has 0 bridgehead atoms. The SMILES string of the molecule is Nc1c(Br)cc(S(=O)(=O)NC(=O)C(=O)[C@@H]2C(=O)Nc3ccccc32)cc1Br. The standard InChI is InChI=1S/C16H11Br2N3O5S/c17-9-5-7(6-10(18)13(9)19)27(25,26)21-16(24)14(22)12-8-3-1-2-4-11(8)20-15(12)23/h1-6,12H,19H2,(H,20,23)(H,21,24)/t12-/m1/s1. The van der Waals surface area contributed by atoms with Gasteiger partial charge in [-0.15, -0.1) is 0 Å². The minimum Gasteiger partial charge on any atom is -0.397 e. The molecule has 0 radical (unpaired) electrons. The van der Waals surface area contributed by atoms with Crippen LogP contribution in [0.4, 0.5) is 11.4 Å². The fourth-order valence-corrected chi connectivity index (χ4v) is 5.05. The molecule has 8 nitrogen and oxygen atoms in total. The molecule has 0 saturated carbocycles. The summed E-state index contributed by atoms with van der Waals surface area (Å²) in [6.07, 6.45) is 0. The van der Waals surface area contributed by atoms with Gasteiger partial charge in [0, 0.05) is 14.6 Å². The normalized spacial score (nSPS) is 15.8. The number of anilines is 2. The average molecular weight is 517 g/mol. The third-order valence-corrected chi connectivity index (χ3v) is 6.49. The van der Waals surface area contributed by atoms with Crippen LogP contribution in [-0.4, -0.2) is 26.0 Å². The number of rotatable bonds is 4. The summed E-state index contributed by atoms with van der Waals surface area (Å²) in [5.74, 6) is -4.67. The lowest BCUT2D eigenvalue weighted by Crippen LogP contribution is -2.40. The van der Waals surface area contributed by atoms with Gasteiger partial charge < -0.3 is 11.1 Å². The first-order chi connectivity index (χ1) is 12.6. The molecule has 4 N–H and O–H groups in total. The van der Waals surface area contributed by atoms with Crippen molar-refractivity contribution in [1.82, 2.24) is 4.72 Å². The first-order valence-electron chi connectivity index (χ1n) is 7.37. The van der Waals surface area contributed by atoms with Crippen LogP contribution in [0, 0.1) is 0 Å². The zero-order chi connectivity index (χ0) is 19.9. The lowest BCUT2D eigenvalue weighted by molar-refractivity contribution is -0.139. The second kappa shape index (κ2) is 7.06. The van der Waals surface area contributed by atoms with Crippen LogP contribution in [0.2, 0.25) is 0 Å². The third kappa shape index (κ3) is 3.62. The number of fused-ring (bicyclic) bond motifs is 1. The van der Waals surface area contributed by atoms with Gasteiger partial charge in [0.1, 0.15) is 5.92 Å². The van der Waals surface area contributed by atoms with E-state index in [9.17, 15) is 22.8 Å². The van der Waals surface area contributed by atoms with Gasteiger partial charge in [-0.25, -0.2) is 13.1 Å². The number of para-hydroxylation sites is 1. The fraction of sp³-hybridized carbons (Fsp3) is 0.0625. The smallest absolute Gasteiger partial charge is 0.302 e. The Morgan fingerprint density at radius 1 is 1.11 bits per heavy atom. The van der Waals surface area contributed by atoms with E-state index in [4.69, 9.17) is 5.73 Å². The number of hydrogen-bond acceptors (Lipinski definition) is 6. The number of carbonyl (C=O) groups is 3. The second-order valence-electron chi connectivity index (χ2n) is 5.61. The van der Waals surface area contributed by atoms with E-state index in [1.807, 2.05) is 0 Å². The number of nitrogens with one attached hydrogen (secondary N) is 2. The lowest BCUT2D eigenvalue weighted by Gasteiger charge is -2.11. The van der Waals surface area contributed by atoms with E-state index in [-0.39, 0.29) is 10.6 Å². The highest BCUT2D eigenvalue weighted by Gasteiger charge is 2.40. The molecule has 11 heteroatoms. The van der Waals surface area contributed by atoms with Gasteiger partial charge >= 0.3 is 5.91 Å². The average Bonchev–Trinajstić information content (AvgIpc) is 2.93. The summed E-state index contributed by atoms with van der Waals surface area (Å²) in [5.41, 5.74) is 6.71. The van der Waals surface area contributed by atoms with Gasteiger partial charge in [0.05, 0.1) is 10.6 Å². The van der Waals surface area contributed by atoms with Crippen molar-refractivity contribution in [1.29, 1.82) is 0 Å². The van der Waals surface area contributed by atoms with Crippen molar-refractivity contribution < 1.29 is 22.8 Å². The molecular formula is C16H11Br2N3O5S. The van der Waals surface area contributed by atoms with Gasteiger partial charge in [0.15, 0.2) is 0 Å². The molecule has 3 rings (SSSR count). The number of Topliss-reactive ketones (excluding diaryl/α,β-unsaturated/α-hetero) is 1. The summed E-state index contributed by atoms with van der Waals surface area (Å²) < 4.78 is 27.2. The Morgan fingerprint density at radius 2 is 1.70 bits per heavy atom. The molecule has 1 atom stereocenters. The number of benzene rings is 2. The number of nitrogens with two attached hydrogens (primary N) is 1. The van der Waals surface area contributed by atoms with Crippen molar-refractivity contribution in [3.8, 4) is 0 Å². The van der Waals surface area contributed by atoms with Crippen molar-refractivity contribution >= 4 is 70.9 Å². The Morgan fingerprint density at radius 3 is 2.33 bits per heavy atom. The summed E-state index contributed by atoms with van der Waals surface area (Å²) in [5, 5.41) is 2.48. The largest absolute Gasteiger partial charge is 0.397 e. The minimum atomic E-state index is -4.36. The Labute approximate surface area is 170 Å². The highest BCUT2D eigenvalue weighted by molar-refractivity contribution is 9.11. The van der Waals surface area contributed by atoms with E-state index in [1.54, 1.807) is 22.9 Å². The van der Waals surface area contributed by atoms with Crippen molar-refractivity contribution in [2.45, 2.75) is 10.8 Å². The first-order valence-corrected chi connectivity index (χ1v) is 10.4. The molecular weight excluding hydrogens is 506 g/mol. The Balaban J connectivity index is 1.87.